The monoisotopic (exact) mass is 902 g/mol. The molecule has 65 heavy (non-hydrogen) atoms. The van der Waals surface area contributed by atoms with Crippen LogP contribution < -0.4 is 5.32 Å². The Balaban J connectivity index is 3.59. The Hall–Kier alpha value is -2.69. The van der Waals surface area contributed by atoms with Crippen molar-refractivity contribution in [1.82, 2.24) is 5.32 Å². The van der Waals surface area contributed by atoms with E-state index in [2.05, 4.69) is 104 Å². The van der Waals surface area contributed by atoms with Gasteiger partial charge in [-0.15, -0.1) is 0 Å². The first-order valence-electron chi connectivity index (χ1n) is 28.0. The lowest BCUT2D eigenvalue weighted by Crippen LogP contribution is -2.45. The molecule has 1 amide bonds. The minimum Gasteiger partial charge on any atom is -0.394 e. The van der Waals surface area contributed by atoms with E-state index < -0.39 is 12.1 Å². The molecule has 0 aromatic heterocycles. The number of amides is 1. The van der Waals surface area contributed by atoms with E-state index in [0.29, 0.717) is 6.42 Å². The van der Waals surface area contributed by atoms with E-state index in [1.807, 2.05) is 6.08 Å². The number of allylic oxidation sites excluding steroid dienone is 15. The Bertz CT molecular complexity index is 1210. The van der Waals surface area contributed by atoms with Crippen molar-refractivity contribution in [2.45, 2.75) is 276 Å². The first-order valence-corrected chi connectivity index (χ1v) is 28.0. The minimum atomic E-state index is -0.877. The van der Waals surface area contributed by atoms with Crippen LogP contribution in [-0.2, 0) is 4.79 Å². The molecule has 0 bridgehead atoms. The third kappa shape index (κ3) is 52.1. The maximum absolute atomic E-state index is 12.5. The lowest BCUT2D eigenvalue weighted by atomic mass is 10.0. The molecule has 0 aliphatic heterocycles. The molecule has 0 saturated carbocycles. The SMILES string of the molecule is CC/C=C\C/C=C\C/C=C\C/C=C\C/C=C\CCCCCCCCCCCCCCCC(=O)NC(CO)C(O)/C=C/CC/C=C/CC/C=C/CCCCCCCCCCCCCCCC. The van der Waals surface area contributed by atoms with Crippen molar-refractivity contribution in [2.75, 3.05) is 6.61 Å². The second-order valence-corrected chi connectivity index (χ2v) is 18.6. The zero-order valence-electron chi connectivity index (χ0n) is 43.0. The third-order valence-corrected chi connectivity index (χ3v) is 12.3. The number of hydrogen-bond donors (Lipinski definition) is 3. The van der Waals surface area contributed by atoms with Crippen LogP contribution in [0.1, 0.15) is 264 Å². The van der Waals surface area contributed by atoms with Gasteiger partial charge in [0.2, 0.25) is 5.91 Å². The van der Waals surface area contributed by atoms with Crippen molar-refractivity contribution in [1.29, 1.82) is 0 Å². The summed E-state index contributed by atoms with van der Waals surface area (Å²) in [6.07, 6.45) is 82.8. The normalized spacial score (nSPS) is 13.6. The van der Waals surface area contributed by atoms with Crippen LogP contribution in [-0.4, -0.2) is 34.9 Å². The Morgan fingerprint density at radius 3 is 1.08 bits per heavy atom. The average Bonchev–Trinajstić information content (AvgIpc) is 3.31. The highest BCUT2D eigenvalue weighted by molar-refractivity contribution is 5.76. The summed E-state index contributed by atoms with van der Waals surface area (Å²) in [5.74, 6) is -0.0813. The summed E-state index contributed by atoms with van der Waals surface area (Å²) >= 11 is 0. The van der Waals surface area contributed by atoms with E-state index in [0.717, 1.165) is 70.6 Å². The van der Waals surface area contributed by atoms with Crippen molar-refractivity contribution < 1.29 is 15.0 Å². The van der Waals surface area contributed by atoms with Crippen LogP contribution in [0.2, 0.25) is 0 Å². The molecule has 4 heteroatoms. The van der Waals surface area contributed by atoms with E-state index in [1.165, 1.54) is 173 Å². The molecule has 374 valence electrons. The van der Waals surface area contributed by atoms with Crippen molar-refractivity contribution in [3.8, 4) is 0 Å². The van der Waals surface area contributed by atoms with E-state index in [1.54, 1.807) is 6.08 Å². The fourth-order valence-corrected chi connectivity index (χ4v) is 8.06. The van der Waals surface area contributed by atoms with Gasteiger partial charge in [-0.25, -0.2) is 0 Å². The van der Waals surface area contributed by atoms with Gasteiger partial charge in [0.25, 0.3) is 0 Å². The molecule has 0 heterocycles. The smallest absolute Gasteiger partial charge is 0.220 e. The van der Waals surface area contributed by atoms with Crippen molar-refractivity contribution in [3.63, 3.8) is 0 Å². The number of carbonyl (C=O) groups excluding carboxylic acids is 1. The number of carbonyl (C=O) groups is 1. The van der Waals surface area contributed by atoms with E-state index in [9.17, 15) is 15.0 Å². The molecule has 0 fully saturated rings. The average molecular weight is 903 g/mol. The fraction of sp³-hybridized carbons (Fsp3) is 0.721. The molecule has 3 N–H and O–H groups in total. The van der Waals surface area contributed by atoms with Gasteiger partial charge >= 0.3 is 0 Å². The number of hydrogen-bond acceptors (Lipinski definition) is 3. The molecule has 2 atom stereocenters. The lowest BCUT2D eigenvalue weighted by Gasteiger charge is -2.19. The Kier molecular flexibility index (Phi) is 53.3. The minimum absolute atomic E-state index is 0.0813. The van der Waals surface area contributed by atoms with Gasteiger partial charge in [-0.05, 0) is 89.9 Å². The second-order valence-electron chi connectivity index (χ2n) is 18.6. The number of aliphatic hydroxyl groups excluding tert-OH is 2. The van der Waals surface area contributed by atoms with Crippen molar-refractivity contribution >= 4 is 5.91 Å². The van der Waals surface area contributed by atoms with Gasteiger partial charge in [0, 0.05) is 6.42 Å². The van der Waals surface area contributed by atoms with Gasteiger partial charge in [-0.3, -0.25) is 4.79 Å². The predicted molar refractivity (Wildman–Crippen MR) is 290 cm³/mol. The van der Waals surface area contributed by atoms with E-state index in [4.69, 9.17) is 0 Å². The molecule has 0 aromatic carbocycles. The maximum Gasteiger partial charge on any atom is 0.220 e. The number of aliphatic hydroxyl groups is 2. The van der Waals surface area contributed by atoms with Gasteiger partial charge in [-0.1, -0.05) is 265 Å². The van der Waals surface area contributed by atoms with Gasteiger partial charge < -0.3 is 15.5 Å². The summed E-state index contributed by atoms with van der Waals surface area (Å²) in [5, 5.41) is 23.1. The highest BCUT2D eigenvalue weighted by Gasteiger charge is 2.17. The largest absolute Gasteiger partial charge is 0.394 e. The van der Waals surface area contributed by atoms with Crippen LogP contribution in [0, 0.1) is 0 Å². The first kappa shape index (κ1) is 62.3. The van der Waals surface area contributed by atoms with Crippen molar-refractivity contribution in [2.24, 2.45) is 0 Å². The second kappa shape index (κ2) is 55.6. The molecule has 0 aromatic rings. The zero-order valence-corrected chi connectivity index (χ0v) is 43.0. The Morgan fingerprint density at radius 1 is 0.385 bits per heavy atom. The molecule has 0 saturated heterocycles. The van der Waals surface area contributed by atoms with Crippen LogP contribution in [0.15, 0.2) is 97.2 Å². The summed E-state index contributed by atoms with van der Waals surface area (Å²) in [7, 11) is 0. The number of nitrogens with one attached hydrogen (secondary N) is 1. The fourth-order valence-electron chi connectivity index (χ4n) is 8.06. The zero-order chi connectivity index (χ0) is 47.0. The quantitative estimate of drug-likeness (QED) is 0.0421. The molecule has 0 spiro atoms. The van der Waals surface area contributed by atoms with Gasteiger partial charge in [0.05, 0.1) is 18.8 Å². The molecule has 0 aliphatic carbocycles. The van der Waals surface area contributed by atoms with Gasteiger partial charge in [0.15, 0.2) is 0 Å². The Morgan fingerprint density at radius 2 is 0.692 bits per heavy atom. The highest BCUT2D eigenvalue weighted by Crippen LogP contribution is 2.16. The summed E-state index contributed by atoms with van der Waals surface area (Å²) in [6, 6.07) is -0.653. The maximum atomic E-state index is 12.5. The van der Waals surface area contributed by atoms with E-state index in [-0.39, 0.29) is 12.5 Å². The molecule has 2 unspecified atom stereocenters. The Labute approximate surface area is 404 Å². The van der Waals surface area contributed by atoms with Crippen molar-refractivity contribution in [3.05, 3.63) is 97.2 Å². The van der Waals surface area contributed by atoms with E-state index >= 15 is 0 Å². The summed E-state index contributed by atoms with van der Waals surface area (Å²) in [5.41, 5.74) is 0. The van der Waals surface area contributed by atoms with Gasteiger partial charge in [0.1, 0.15) is 0 Å². The standard InChI is InChI=1S/C61H107NO3/c1-3-5-7-9-11-13-15-17-19-21-23-25-27-29-30-31-32-33-35-37-39-41-43-45-47-49-51-53-55-57-61(65)62-59(58-63)60(64)56-54-52-50-48-46-44-42-40-38-36-34-28-26-24-22-20-18-16-14-12-10-8-6-4-2/h5,7,11,13,17,19,23,25,29-30,38,40,46,48,54,56,59-60,63-64H,3-4,6,8-10,12,14-16,18,20-22,24,26-28,31-37,39,41-45,47,49-53,55,57-58H2,1-2H3,(H,62,65)/b7-5-,13-11-,19-17-,25-23-,30-29-,40-38+,48-46+,56-54+. The van der Waals surface area contributed by atoms with Crippen LogP contribution in [0.3, 0.4) is 0 Å². The molecule has 4 nitrogen and oxygen atoms in total. The number of rotatable bonds is 50. The first-order chi connectivity index (χ1) is 32.2. The van der Waals surface area contributed by atoms with Crippen LogP contribution in [0.4, 0.5) is 0 Å². The lowest BCUT2D eigenvalue weighted by molar-refractivity contribution is -0.123. The molecule has 0 rings (SSSR count). The topological polar surface area (TPSA) is 69.6 Å². The molecular weight excluding hydrogens is 795 g/mol. The highest BCUT2D eigenvalue weighted by atomic mass is 16.3. The molecule has 0 radical (unpaired) electrons. The van der Waals surface area contributed by atoms with Gasteiger partial charge in [-0.2, -0.15) is 0 Å². The summed E-state index contributed by atoms with van der Waals surface area (Å²) in [4.78, 5) is 12.5. The number of unbranched alkanes of at least 4 members (excludes halogenated alkanes) is 29. The molecule has 0 aliphatic rings. The van der Waals surface area contributed by atoms with Crippen LogP contribution in [0.25, 0.3) is 0 Å². The summed E-state index contributed by atoms with van der Waals surface area (Å²) < 4.78 is 0. The van der Waals surface area contributed by atoms with Crippen LogP contribution >= 0.6 is 0 Å². The molecular formula is C61H107NO3. The summed E-state index contributed by atoms with van der Waals surface area (Å²) in [6.45, 7) is 4.19. The predicted octanol–water partition coefficient (Wildman–Crippen LogP) is 18.5. The van der Waals surface area contributed by atoms with Crippen LogP contribution in [0.5, 0.6) is 0 Å². The third-order valence-electron chi connectivity index (χ3n) is 12.3.